The molecule has 2 fully saturated rings. The van der Waals surface area contributed by atoms with Crippen LogP contribution in [0, 0.1) is 22.7 Å². The first-order valence-corrected chi connectivity index (χ1v) is 8.59. The average molecular weight is 314 g/mol. The highest BCUT2D eigenvalue weighted by Gasteiger charge is 2.47. The maximum absolute atomic E-state index is 6.23. The molecule has 0 bridgehead atoms. The van der Waals surface area contributed by atoms with Crippen LogP contribution in [-0.4, -0.2) is 38.0 Å². The lowest BCUT2D eigenvalue weighted by Gasteiger charge is -2.49. The van der Waals surface area contributed by atoms with E-state index in [2.05, 4.69) is 55.4 Å². The third-order valence-corrected chi connectivity index (χ3v) is 4.77. The van der Waals surface area contributed by atoms with Crippen LogP contribution in [0.4, 0.5) is 0 Å². The van der Waals surface area contributed by atoms with Crippen LogP contribution in [0.5, 0.6) is 0 Å². The van der Waals surface area contributed by atoms with Gasteiger partial charge in [-0.25, -0.2) is 0 Å². The van der Waals surface area contributed by atoms with Gasteiger partial charge in [-0.15, -0.1) is 0 Å². The van der Waals surface area contributed by atoms with E-state index in [-0.39, 0.29) is 23.0 Å². The summed E-state index contributed by atoms with van der Waals surface area (Å²) in [5, 5.41) is 0. The van der Waals surface area contributed by atoms with Crippen molar-refractivity contribution in [1.29, 1.82) is 0 Å². The van der Waals surface area contributed by atoms with Crippen molar-refractivity contribution in [1.82, 2.24) is 0 Å². The third kappa shape index (κ3) is 3.66. The Balaban J connectivity index is 2.06. The van der Waals surface area contributed by atoms with Crippen LogP contribution >= 0.6 is 0 Å². The Morgan fingerprint density at radius 1 is 0.682 bits per heavy atom. The van der Waals surface area contributed by atoms with E-state index in [9.17, 15) is 0 Å². The zero-order valence-corrected chi connectivity index (χ0v) is 15.5. The Hall–Kier alpha value is -0.160. The molecular weight excluding hydrogens is 280 g/mol. The average Bonchev–Trinajstić information content (AvgIpc) is 2.37. The number of ether oxygens (including phenoxy) is 4. The summed E-state index contributed by atoms with van der Waals surface area (Å²) >= 11 is 0. The van der Waals surface area contributed by atoms with Gasteiger partial charge >= 0.3 is 0 Å². The van der Waals surface area contributed by atoms with Gasteiger partial charge in [0.2, 0.25) is 12.6 Å². The van der Waals surface area contributed by atoms with Crippen molar-refractivity contribution in [2.24, 2.45) is 22.7 Å². The van der Waals surface area contributed by atoms with Crippen molar-refractivity contribution in [2.45, 2.75) is 80.2 Å². The van der Waals surface area contributed by atoms with Gasteiger partial charge in [0.25, 0.3) is 0 Å². The Morgan fingerprint density at radius 3 is 1.27 bits per heavy atom. The van der Waals surface area contributed by atoms with Gasteiger partial charge in [-0.2, -0.15) is 0 Å². The normalized spacial score (nSPS) is 38.5. The summed E-state index contributed by atoms with van der Waals surface area (Å²) in [6.07, 6.45) is -0.577. The van der Waals surface area contributed by atoms with Crippen molar-refractivity contribution in [3.63, 3.8) is 0 Å². The minimum atomic E-state index is -0.433. The number of hydrogen-bond donors (Lipinski definition) is 0. The van der Waals surface area contributed by atoms with Crippen molar-refractivity contribution < 1.29 is 18.9 Å². The highest BCUT2D eigenvalue weighted by molar-refractivity contribution is 4.88. The number of rotatable bonds is 3. The minimum absolute atomic E-state index is 0.00997. The van der Waals surface area contributed by atoms with E-state index in [1.807, 2.05) is 0 Å². The summed E-state index contributed by atoms with van der Waals surface area (Å²) in [6.45, 7) is 18.9. The van der Waals surface area contributed by atoms with E-state index in [0.29, 0.717) is 25.0 Å². The Kier molecular flexibility index (Phi) is 5.28. The molecule has 0 aromatic heterocycles. The fourth-order valence-corrected chi connectivity index (χ4v) is 3.90. The maximum atomic E-state index is 6.23. The monoisotopic (exact) mass is 314 g/mol. The molecule has 2 saturated heterocycles. The molecule has 0 radical (unpaired) electrons. The van der Waals surface area contributed by atoms with Crippen LogP contribution in [0.1, 0.15) is 55.4 Å². The first kappa shape index (κ1) is 18.2. The van der Waals surface area contributed by atoms with Crippen LogP contribution < -0.4 is 0 Å². The highest BCUT2D eigenvalue weighted by Crippen LogP contribution is 2.40. The molecule has 4 heteroatoms. The predicted octanol–water partition coefficient (Wildman–Crippen LogP) is 3.83. The van der Waals surface area contributed by atoms with Gasteiger partial charge in [-0.05, 0) is 11.8 Å². The second-order valence-corrected chi connectivity index (χ2v) is 8.94. The second-order valence-electron chi connectivity index (χ2n) is 8.94. The van der Waals surface area contributed by atoms with Gasteiger partial charge in [0, 0.05) is 10.8 Å². The van der Waals surface area contributed by atoms with Gasteiger partial charge < -0.3 is 18.9 Å². The summed E-state index contributed by atoms with van der Waals surface area (Å²) < 4.78 is 24.3. The SMILES string of the molecule is CC(C)[C@H]1O[C@H]([C@@H]2OCC(C)(C)[C@H](C(C)C)O2)OCC1(C)C. The fourth-order valence-electron chi connectivity index (χ4n) is 3.90. The first-order chi connectivity index (χ1) is 10.0. The van der Waals surface area contributed by atoms with E-state index < -0.39 is 12.6 Å². The van der Waals surface area contributed by atoms with Crippen molar-refractivity contribution >= 4 is 0 Å². The standard InChI is InChI=1S/C18H34O4/c1-11(2)13-17(5,6)9-19-15(21-13)16-20-10-18(7,8)14(22-16)12(3)4/h11-16H,9-10H2,1-8H3/t13-,14+,15-,16-/m1/s1. The van der Waals surface area contributed by atoms with E-state index >= 15 is 0 Å². The van der Waals surface area contributed by atoms with Crippen LogP contribution in [-0.2, 0) is 18.9 Å². The first-order valence-electron chi connectivity index (χ1n) is 8.59. The summed E-state index contributed by atoms with van der Waals surface area (Å²) in [4.78, 5) is 0. The van der Waals surface area contributed by atoms with E-state index in [1.54, 1.807) is 0 Å². The largest absolute Gasteiger partial charge is 0.347 e. The van der Waals surface area contributed by atoms with Gasteiger partial charge in [0.05, 0.1) is 25.4 Å². The molecule has 130 valence electrons. The van der Waals surface area contributed by atoms with Crippen LogP contribution in [0.25, 0.3) is 0 Å². The zero-order valence-electron chi connectivity index (χ0n) is 15.5. The second kappa shape index (κ2) is 6.39. The topological polar surface area (TPSA) is 36.9 Å². The van der Waals surface area contributed by atoms with Gasteiger partial charge in [0.15, 0.2) is 0 Å². The zero-order chi connectivity index (χ0) is 16.7. The molecule has 2 aliphatic heterocycles. The Bertz CT molecular complexity index is 339. The molecule has 4 nitrogen and oxygen atoms in total. The van der Waals surface area contributed by atoms with Crippen molar-refractivity contribution in [3.05, 3.63) is 0 Å². The Morgan fingerprint density at radius 2 is 1.00 bits per heavy atom. The molecule has 0 spiro atoms. The van der Waals surface area contributed by atoms with Crippen LogP contribution in [0.3, 0.4) is 0 Å². The van der Waals surface area contributed by atoms with E-state index in [4.69, 9.17) is 18.9 Å². The fraction of sp³-hybridized carbons (Fsp3) is 1.00. The molecule has 0 aromatic rings. The smallest absolute Gasteiger partial charge is 0.209 e. The predicted molar refractivity (Wildman–Crippen MR) is 86.5 cm³/mol. The molecule has 0 aliphatic carbocycles. The third-order valence-electron chi connectivity index (χ3n) is 4.77. The van der Waals surface area contributed by atoms with Crippen molar-refractivity contribution in [3.8, 4) is 0 Å². The minimum Gasteiger partial charge on any atom is -0.347 e. The summed E-state index contributed by atoms with van der Waals surface area (Å²) in [5.74, 6) is 0.865. The molecule has 0 N–H and O–H groups in total. The quantitative estimate of drug-likeness (QED) is 0.793. The molecule has 0 unspecified atom stereocenters. The molecule has 22 heavy (non-hydrogen) atoms. The van der Waals surface area contributed by atoms with Crippen LogP contribution in [0.15, 0.2) is 0 Å². The molecular formula is C18H34O4. The van der Waals surface area contributed by atoms with E-state index in [0.717, 1.165) is 0 Å². The van der Waals surface area contributed by atoms with Crippen molar-refractivity contribution in [2.75, 3.05) is 13.2 Å². The van der Waals surface area contributed by atoms with Gasteiger partial charge in [-0.3, -0.25) is 0 Å². The molecule has 0 amide bonds. The summed E-state index contributed by atoms with van der Waals surface area (Å²) in [5.41, 5.74) is 0.0199. The van der Waals surface area contributed by atoms with Gasteiger partial charge in [-0.1, -0.05) is 55.4 Å². The Labute approximate surface area is 135 Å². The molecule has 0 saturated carbocycles. The maximum Gasteiger partial charge on any atom is 0.209 e. The highest BCUT2D eigenvalue weighted by atomic mass is 16.8. The molecule has 2 aliphatic rings. The molecule has 0 aromatic carbocycles. The van der Waals surface area contributed by atoms with Crippen LogP contribution in [0.2, 0.25) is 0 Å². The lowest BCUT2D eigenvalue weighted by Crippen LogP contribution is -2.57. The summed E-state index contributed by atoms with van der Waals surface area (Å²) in [6, 6.07) is 0. The lowest BCUT2D eigenvalue weighted by atomic mass is 9.80. The van der Waals surface area contributed by atoms with Gasteiger partial charge in [0.1, 0.15) is 0 Å². The summed E-state index contributed by atoms with van der Waals surface area (Å²) in [7, 11) is 0. The molecule has 2 heterocycles. The lowest BCUT2D eigenvalue weighted by molar-refractivity contribution is -0.381. The molecule has 4 atom stereocenters. The van der Waals surface area contributed by atoms with E-state index in [1.165, 1.54) is 0 Å². The number of hydrogen-bond acceptors (Lipinski definition) is 4. The molecule has 2 rings (SSSR count).